The molecule has 0 aliphatic carbocycles. The lowest BCUT2D eigenvalue weighted by atomic mass is 10.1. The number of hydrogen-bond acceptors (Lipinski definition) is 3. The van der Waals surface area contributed by atoms with Crippen LogP contribution in [0.2, 0.25) is 0 Å². The van der Waals surface area contributed by atoms with Gasteiger partial charge in [-0.25, -0.2) is 0 Å². The van der Waals surface area contributed by atoms with Crippen LogP contribution in [0.1, 0.15) is 24.8 Å². The van der Waals surface area contributed by atoms with Gasteiger partial charge in [0.15, 0.2) is 0 Å². The van der Waals surface area contributed by atoms with E-state index in [0.29, 0.717) is 13.2 Å². The van der Waals surface area contributed by atoms with E-state index in [0.717, 1.165) is 19.3 Å². The predicted octanol–water partition coefficient (Wildman–Crippen LogP) is 1.71. The van der Waals surface area contributed by atoms with Gasteiger partial charge < -0.3 is 14.7 Å². The van der Waals surface area contributed by atoms with Crippen molar-refractivity contribution in [3.05, 3.63) is 35.9 Å². The van der Waals surface area contributed by atoms with Crippen LogP contribution in [-0.4, -0.2) is 47.7 Å². The van der Waals surface area contributed by atoms with Crippen LogP contribution in [0, 0.1) is 0 Å². The number of carbonyl (C=O) groups excluding carboxylic acids is 1. The summed E-state index contributed by atoms with van der Waals surface area (Å²) in [4.78, 5) is 24.5. The molecule has 1 aliphatic rings. The second-order valence-electron chi connectivity index (χ2n) is 5.27. The van der Waals surface area contributed by atoms with E-state index in [1.54, 1.807) is 4.90 Å². The number of nitrogens with zero attached hydrogens (tertiary/aromatic N) is 1. The Balaban J connectivity index is 1.70. The Hall–Kier alpha value is -1.88. The third-order valence-electron chi connectivity index (χ3n) is 3.71. The maximum atomic E-state index is 12.1. The summed E-state index contributed by atoms with van der Waals surface area (Å²) in [5.74, 6) is -0.962. The molecule has 5 heteroatoms. The van der Waals surface area contributed by atoms with Crippen LogP contribution >= 0.6 is 0 Å². The molecule has 114 valence electrons. The van der Waals surface area contributed by atoms with Gasteiger partial charge >= 0.3 is 5.97 Å². The number of rotatable bonds is 7. The van der Waals surface area contributed by atoms with Crippen LogP contribution in [0.25, 0.3) is 0 Å². The summed E-state index contributed by atoms with van der Waals surface area (Å²) in [6, 6.07) is 9.78. The summed E-state index contributed by atoms with van der Waals surface area (Å²) in [6.07, 6.45) is 2.43. The predicted molar refractivity (Wildman–Crippen MR) is 78.0 cm³/mol. The first-order valence-corrected chi connectivity index (χ1v) is 7.30. The highest BCUT2D eigenvalue weighted by Gasteiger charge is 2.30. The molecule has 0 radical (unpaired) electrons. The van der Waals surface area contributed by atoms with Gasteiger partial charge in [0.1, 0.15) is 6.61 Å². The number of carboxylic acids is 1. The topological polar surface area (TPSA) is 66.8 Å². The highest BCUT2D eigenvalue weighted by atomic mass is 16.5. The van der Waals surface area contributed by atoms with E-state index in [9.17, 15) is 9.59 Å². The lowest BCUT2D eigenvalue weighted by Crippen LogP contribution is -2.39. The number of aliphatic carboxylic acids is 1. The zero-order valence-corrected chi connectivity index (χ0v) is 12.0. The average Bonchev–Trinajstić information content (AvgIpc) is 2.92. The molecule has 0 aromatic heterocycles. The van der Waals surface area contributed by atoms with Crippen molar-refractivity contribution in [1.29, 1.82) is 0 Å². The molecule has 0 spiro atoms. The van der Waals surface area contributed by atoms with Crippen LogP contribution in [0.15, 0.2) is 30.3 Å². The first-order valence-electron chi connectivity index (χ1n) is 7.30. The summed E-state index contributed by atoms with van der Waals surface area (Å²) < 4.78 is 5.43. The zero-order chi connectivity index (χ0) is 15.1. The van der Waals surface area contributed by atoms with Crippen LogP contribution in [-0.2, 0) is 20.7 Å². The fourth-order valence-corrected chi connectivity index (χ4v) is 2.65. The van der Waals surface area contributed by atoms with E-state index in [-0.39, 0.29) is 25.0 Å². The van der Waals surface area contributed by atoms with Crippen molar-refractivity contribution in [2.45, 2.75) is 31.7 Å². The highest BCUT2D eigenvalue weighted by molar-refractivity contribution is 5.79. The van der Waals surface area contributed by atoms with Crippen LogP contribution in [0.5, 0.6) is 0 Å². The third-order valence-corrected chi connectivity index (χ3v) is 3.71. The standard InChI is InChI=1S/C16H21NO4/c18-15(17-9-4-7-14(17)11-16(19)20)12-21-10-8-13-5-2-1-3-6-13/h1-3,5-6,14H,4,7-12H2,(H,19,20). The highest BCUT2D eigenvalue weighted by Crippen LogP contribution is 2.20. The summed E-state index contributed by atoms with van der Waals surface area (Å²) in [5.41, 5.74) is 1.18. The van der Waals surface area contributed by atoms with E-state index in [1.165, 1.54) is 5.56 Å². The minimum Gasteiger partial charge on any atom is -0.481 e. The fourth-order valence-electron chi connectivity index (χ4n) is 2.65. The first-order chi connectivity index (χ1) is 10.2. The Morgan fingerprint density at radius 2 is 2.05 bits per heavy atom. The van der Waals surface area contributed by atoms with Crippen molar-refractivity contribution in [2.24, 2.45) is 0 Å². The Kier molecular flexibility index (Phi) is 5.75. The second-order valence-corrected chi connectivity index (χ2v) is 5.27. The van der Waals surface area contributed by atoms with Crippen molar-refractivity contribution >= 4 is 11.9 Å². The maximum absolute atomic E-state index is 12.1. The molecular weight excluding hydrogens is 270 g/mol. The number of hydrogen-bond donors (Lipinski definition) is 1. The van der Waals surface area contributed by atoms with Gasteiger partial charge in [0.2, 0.25) is 5.91 Å². The Morgan fingerprint density at radius 3 is 2.76 bits per heavy atom. The van der Waals surface area contributed by atoms with Crippen molar-refractivity contribution < 1.29 is 19.4 Å². The molecule has 1 atom stereocenters. The number of carbonyl (C=O) groups is 2. The van der Waals surface area contributed by atoms with Gasteiger partial charge in [-0.05, 0) is 24.8 Å². The fraction of sp³-hybridized carbons (Fsp3) is 0.500. The van der Waals surface area contributed by atoms with E-state index in [2.05, 4.69) is 0 Å². The van der Waals surface area contributed by atoms with Gasteiger partial charge in [-0.3, -0.25) is 9.59 Å². The first kappa shape index (κ1) is 15.5. The molecule has 1 aromatic rings. The molecule has 1 aliphatic heterocycles. The van der Waals surface area contributed by atoms with Gasteiger partial charge in [-0.2, -0.15) is 0 Å². The van der Waals surface area contributed by atoms with E-state index in [1.807, 2.05) is 30.3 Å². The molecule has 1 amide bonds. The minimum absolute atomic E-state index is 0.0236. The van der Waals surface area contributed by atoms with Crippen molar-refractivity contribution in [1.82, 2.24) is 4.90 Å². The Bertz CT molecular complexity index is 474. The van der Waals surface area contributed by atoms with Crippen LogP contribution < -0.4 is 0 Å². The van der Waals surface area contributed by atoms with Crippen LogP contribution in [0.3, 0.4) is 0 Å². The molecule has 0 saturated carbocycles. The van der Waals surface area contributed by atoms with Crippen molar-refractivity contribution in [3.8, 4) is 0 Å². The largest absolute Gasteiger partial charge is 0.481 e. The van der Waals surface area contributed by atoms with Gasteiger partial charge in [-0.15, -0.1) is 0 Å². The molecule has 2 rings (SSSR count). The van der Waals surface area contributed by atoms with Gasteiger partial charge in [0, 0.05) is 12.6 Å². The Labute approximate surface area is 124 Å². The van der Waals surface area contributed by atoms with E-state index < -0.39 is 5.97 Å². The Morgan fingerprint density at radius 1 is 1.29 bits per heavy atom. The van der Waals surface area contributed by atoms with Gasteiger partial charge in [0.05, 0.1) is 13.0 Å². The second kappa shape index (κ2) is 7.78. The van der Waals surface area contributed by atoms with E-state index >= 15 is 0 Å². The van der Waals surface area contributed by atoms with Crippen molar-refractivity contribution in [2.75, 3.05) is 19.8 Å². The molecule has 0 bridgehead atoms. The number of benzene rings is 1. The number of amides is 1. The summed E-state index contributed by atoms with van der Waals surface area (Å²) in [7, 11) is 0. The summed E-state index contributed by atoms with van der Waals surface area (Å²) >= 11 is 0. The molecule has 1 N–H and O–H groups in total. The molecular formula is C16H21NO4. The number of ether oxygens (including phenoxy) is 1. The number of carboxylic acid groups (broad SMARTS) is 1. The summed E-state index contributed by atoms with van der Waals surface area (Å²) in [5, 5.41) is 8.84. The van der Waals surface area contributed by atoms with E-state index in [4.69, 9.17) is 9.84 Å². The smallest absolute Gasteiger partial charge is 0.305 e. The van der Waals surface area contributed by atoms with Gasteiger partial charge in [0.25, 0.3) is 0 Å². The number of likely N-dealkylation sites (tertiary alicyclic amines) is 1. The molecule has 5 nitrogen and oxygen atoms in total. The van der Waals surface area contributed by atoms with Gasteiger partial charge in [-0.1, -0.05) is 30.3 Å². The van der Waals surface area contributed by atoms with Crippen molar-refractivity contribution in [3.63, 3.8) is 0 Å². The monoisotopic (exact) mass is 291 g/mol. The molecule has 1 aromatic carbocycles. The van der Waals surface area contributed by atoms with Crippen LogP contribution in [0.4, 0.5) is 0 Å². The zero-order valence-electron chi connectivity index (χ0n) is 12.0. The normalized spacial score (nSPS) is 17.9. The minimum atomic E-state index is -0.857. The maximum Gasteiger partial charge on any atom is 0.305 e. The lowest BCUT2D eigenvalue weighted by Gasteiger charge is -2.23. The quantitative estimate of drug-likeness (QED) is 0.777. The molecule has 21 heavy (non-hydrogen) atoms. The average molecular weight is 291 g/mol. The molecule has 1 heterocycles. The summed E-state index contributed by atoms with van der Waals surface area (Å²) in [6.45, 7) is 1.16. The molecule has 1 fully saturated rings. The molecule has 1 saturated heterocycles. The SMILES string of the molecule is O=C(O)CC1CCCN1C(=O)COCCc1ccccc1. The lowest BCUT2D eigenvalue weighted by molar-refractivity contribution is -0.141. The third kappa shape index (κ3) is 4.86. The molecule has 1 unspecified atom stereocenters.